The molecule has 0 spiro atoms. The molecule has 0 bridgehead atoms. The molecule has 122 valence electrons. The van der Waals surface area contributed by atoms with Gasteiger partial charge in [0.2, 0.25) is 0 Å². The first-order valence-electron chi connectivity index (χ1n) is 8.56. The van der Waals surface area contributed by atoms with Crippen LogP contribution in [0.1, 0.15) is 49.7 Å². The molecule has 2 N–H and O–H groups in total. The molecule has 23 heavy (non-hydrogen) atoms. The molecule has 0 aliphatic heterocycles. The number of terminal acetylenes is 1. The predicted molar refractivity (Wildman–Crippen MR) is 86.8 cm³/mol. The third-order valence-electron chi connectivity index (χ3n) is 7.10. The van der Waals surface area contributed by atoms with Crippen LogP contribution in [0.15, 0.2) is 18.2 Å². The molecule has 0 aromatic heterocycles. The maximum Gasteiger partial charge on any atom is 0.161 e. The second-order valence-corrected chi connectivity index (χ2v) is 7.87. The summed E-state index contributed by atoms with van der Waals surface area (Å²) in [6.07, 6.45) is 8.14. The number of fused-ring (bicyclic) bond motifs is 5. The van der Waals surface area contributed by atoms with Crippen molar-refractivity contribution in [1.82, 2.24) is 0 Å². The van der Waals surface area contributed by atoms with E-state index in [1.165, 1.54) is 11.1 Å². The van der Waals surface area contributed by atoms with Gasteiger partial charge in [-0.2, -0.15) is 0 Å². The molecule has 3 heteroatoms. The van der Waals surface area contributed by atoms with Crippen molar-refractivity contribution in [2.75, 3.05) is 0 Å². The average Bonchev–Trinajstić information content (AvgIpc) is 2.75. The number of benzene rings is 1. The molecular weight excluding hydrogens is 290 g/mol. The van der Waals surface area contributed by atoms with Crippen LogP contribution in [0, 0.1) is 29.6 Å². The summed E-state index contributed by atoms with van der Waals surface area (Å²) in [6.45, 7) is 1.99. The van der Waals surface area contributed by atoms with Gasteiger partial charge >= 0.3 is 0 Å². The summed E-state index contributed by atoms with van der Waals surface area (Å²) in [5.74, 6) is 3.60. The number of halogens is 1. The van der Waals surface area contributed by atoms with Gasteiger partial charge in [-0.15, -0.1) is 6.42 Å². The standard InChI is InChI=1S/C20H23FO2/c1-3-20(23)18(21)11-17-16-6-4-12-10-13(22)5-7-14(12)15(16)8-9-19(17,20)2/h1,5,7,10,15-18,22-23H,4,6,8-9,11H2,2H3/t15-,16-,17+,18-,19+,20+/m1/s1/i21-1. The van der Waals surface area contributed by atoms with E-state index >= 15 is 0 Å². The fourth-order valence-electron chi connectivity index (χ4n) is 5.80. The zero-order valence-electron chi connectivity index (χ0n) is 13.4. The van der Waals surface area contributed by atoms with Crippen molar-refractivity contribution < 1.29 is 14.6 Å². The highest BCUT2D eigenvalue weighted by Gasteiger charge is 2.65. The summed E-state index contributed by atoms with van der Waals surface area (Å²) in [5.41, 5.74) is 0.360. The molecule has 2 nitrogen and oxygen atoms in total. The van der Waals surface area contributed by atoms with Crippen molar-refractivity contribution >= 4 is 0 Å². The zero-order chi connectivity index (χ0) is 16.4. The molecular formula is C20H23FO2. The lowest BCUT2D eigenvalue weighted by molar-refractivity contribution is -0.0846. The molecule has 0 heterocycles. The normalized spacial score (nSPS) is 44.8. The quantitative estimate of drug-likeness (QED) is 0.719. The smallest absolute Gasteiger partial charge is 0.161 e. The first-order valence-corrected chi connectivity index (χ1v) is 8.56. The molecule has 0 saturated heterocycles. The zero-order valence-corrected chi connectivity index (χ0v) is 13.4. The Morgan fingerprint density at radius 1 is 1.35 bits per heavy atom. The topological polar surface area (TPSA) is 40.5 Å². The van der Waals surface area contributed by atoms with E-state index in [-0.39, 0.29) is 5.92 Å². The number of aromatic hydroxyl groups is 1. The third kappa shape index (κ3) is 1.79. The van der Waals surface area contributed by atoms with Crippen LogP contribution in [0.4, 0.5) is 4.39 Å². The van der Waals surface area contributed by atoms with E-state index in [4.69, 9.17) is 6.42 Å². The molecule has 2 fully saturated rings. The van der Waals surface area contributed by atoms with Crippen LogP contribution in [0.25, 0.3) is 0 Å². The number of aliphatic hydroxyl groups is 1. The number of rotatable bonds is 0. The summed E-state index contributed by atoms with van der Waals surface area (Å²) >= 11 is 0. The van der Waals surface area contributed by atoms with Gasteiger partial charge in [0, 0.05) is 5.41 Å². The number of hydrogen-bond donors (Lipinski definition) is 2. The monoisotopic (exact) mass is 313 g/mol. The van der Waals surface area contributed by atoms with E-state index in [1.807, 2.05) is 19.1 Å². The van der Waals surface area contributed by atoms with Gasteiger partial charge in [-0.25, -0.2) is 4.39 Å². The van der Waals surface area contributed by atoms with Gasteiger partial charge in [0.15, 0.2) is 5.60 Å². The van der Waals surface area contributed by atoms with Gasteiger partial charge in [0.25, 0.3) is 0 Å². The van der Waals surface area contributed by atoms with Gasteiger partial charge in [-0.05, 0) is 73.1 Å². The Morgan fingerprint density at radius 2 is 2.13 bits per heavy atom. The molecule has 4 rings (SSSR count). The maximum absolute atomic E-state index is 14.6. The molecule has 0 unspecified atom stereocenters. The minimum absolute atomic E-state index is 0.124. The van der Waals surface area contributed by atoms with Gasteiger partial charge in [-0.1, -0.05) is 18.9 Å². The van der Waals surface area contributed by atoms with Crippen LogP contribution in [0.2, 0.25) is 0 Å². The first kappa shape index (κ1) is 15.0. The Kier molecular flexibility index (Phi) is 3.09. The lowest BCUT2D eigenvalue weighted by Crippen LogP contribution is -2.52. The molecule has 0 amide bonds. The van der Waals surface area contributed by atoms with Crippen LogP contribution in [-0.4, -0.2) is 22.0 Å². The fourth-order valence-corrected chi connectivity index (χ4v) is 5.80. The SMILES string of the molecule is C#C[C@]1(O)[C@H]([18F])C[C@H]2[C@@H]3CCc4cc(O)ccc4[C@H]3CC[C@@]21C. The average molecular weight is 313 g/mol. The summed E-state index contributed by atoms with van der Waals surface area (Å²) in [4.78, 5) is 0. The first-order chi connectivity index (χ1) is 10.9. The molecule has 3 aliphatic rings. The lowest BCUT2D eigenvalue weighted by atomic mass is 9.53. The van der Waals surface area contributed by atoms with Crippen LogP contribution in [0.5, 0.6) is 5.75 Å². The summed E-state index contributed by atoms with van der Waals surface area (Å²) in [5, 5.41) is 20.5. The van der Waals surface area contributed by atoms with Crippen molar-refractivity contribution in [2.45, 2.75) is 56.7 Å². The molecule has 1 aromatic carbocycles. The van der Waals surface area contributed by atoms with Crippen molar-refractivity contribution in [3.63, 3.8) is 0 Å². The Morgan fingerprint density at radius 3 is 2.87 bits per heavy atom. The second kappa shape index (κ2) is 4.74. The van der Waals surface area contributed by atoms with Crippen molar-refractivity contribution in [1.29, 1.82) is 0 Å². The Labute approximate surface area is 136 Å². The van der Waals surface area contributed by atoms with Crippen LogP contribution < -0.4 is 0 Å². The summed E-state index contributed by atoms with van der Waals surface area (Å²) in [7, 11) is 0. The van der Waals surface area contributed by atoms with Crippen LogP contribution >= 0.6 is 0 Å². The Balaban J connectivity index is 1.74. The van der Waals surface area contributed by atoms with Crippen molar-refractivity contribution in [2.24, 2.45) is 17.3 Å². The van der Waals surface area contributed by atoms with E-state index < -0.39 is 17.2 Å². The van der Waals surface area contributed by atoms with E-state index in [0.717, 1.165) is 25.7 Å². The highest BCUT2D eigenvalue weighted by Crippen LogP contribution is 2.64. The third-order valence-corrected chi connectivity index (χ3v) is 7.10. The summed E-state index contributed by atoms with van der Waals surface area (Å²) in [6, 6.07) is 5.64. The largest absolute Gasteiger partial charge is 0.508 e. The van der Waals surface area contributed by atoms with Gasteiger partial charge in [0.05, 0.1) is 0 Å². The van der Waals surface area contributed by atoms with Gasteiger partial charge in [-0.3, -0.25) is 0 Å². The second-order valence-electron chi connectivity index (χ2n) is 7.87. The molecule has 3 aliphatic carbocycles. The Hall–Kier alpha value is -1.53. The number of alkyl halides is 1. The van der Waals surface area contributed by atoms with Gasteiger partial charge < -0.3 is 10.2 Å². The van der Waals surface area contributed by atoms with Crippen molar-refractivity contribution in [3.8, 4) is 18.1 Å². The number of hydrogen-bond acceptors (Lipinski definition) is 2. The van der Waals surface area contributed by atoms with E-state index in [0.29, 0.717) is 24.0 Å². The fraction of sp³-hybridized carbons (Fsp3) is 0.600. The Bertz CT molecular complexity index is 693. The minimum Gasteiger partial charge on any atom is -0.508 e. The number of aryl methyl sites for hydroxylation is 1. The van der Waals surface area contributed by atoms with E-state index in [1.54, 1.807) is 6.07 Å². The maximum atomic E-state index is 14.6. The van der Waals surface area contributed by atoms with E-state index in [2.05, 4.69) is 5.92 Å². The lowest BCUT2D eigenvalue weighted by Gasteiger charge is -2.51. The molecule has 2 saturated carbocycles. The molecule has 6 atom stereocenters. The number of phenolic OH excluding ortho intramolecular Hbond substituents is 1. The summed E-state index contributed by atoms with van der Waals surface area (Å²) < 4.78 is 14.6. The number of phenols is 1. The predicted octanol–water partition coefficient (Wildman–Crippen LogP) is 3.56. The minimum atomic E-state index is -1.63. The molecule has 1 aromatic rings. The highest BCUT2D eigenvalue weighted by molar-refractivity contribution is 5.41. The molecule has 0 radical (unpaired) electrons. The van der Waals surface area contributed by atoms with Crippen LogP contribution in [-0.2, 0) is 6.42 Å². The van der Waals surface area contributed by atoms with Crippen molar-refractivity contribution in [3.05, 3.63) is 29.3 Å². The van der Waals surface area contributed by atoms with E-state index in [9.17, 15) is 14.6 Å². The van der Waals surface area contributed by atoms with Crippen LogP contribution in [0.3, 0.4) is 0 Å². The highest BCUT2D eigenvalue weighted by atomic mass is 18.2. The van der Waals surface area contributed by atoms with Gasteiger partial charge in [0.1, 0.15) is 11.9 Å².